The first-order chi connectivity index (χ1) is 13.7. The van der Waals surface area contributed by atoms with Gasteiger partial charge < -0.3 is 19.9 Å². The van der Waals surface area contributed by atoms with E-state index in [4.69, 9.17) is 4.74 Å². The molecule has 0 aromatic heterocycles. The first kappa shape index (κ1) is 26.8. The van der Waals surface area contributed by atoms with E-state index in [-0.39, 0.29) is 24.0 Å². The minimum Gasteiger partial charge on any atom is -0.492 e. The van der Waals surface area contributed by atoms with Crippen molar-refractivity contribution in [2.24, 2.45) is 4.99 Å². The summed E-state index contributed by atoms with van der Waals surface area (Å²) in [6.07, 6.45) is -4.20. The number of piperazine rings is 1. The zero-order valence-corrected chi connectivity index (χ0v) is 20.4. The second kappa shape index (κ2) is 12.6. The number of para-hydroxylation sites is 1. The van der Waals surface area contributed by atoms with Gasteiger partial charge in [0.15, 0.2) is 5.96 Å². The van der Waals surface area contributed by atoms with Gasteiger partial charge >= 0.3 is 6.18 Å². The summed E-state index contributed by atoms with van der Waals surface area (Å²) in [5.74, 6) is 1.51. The Balaban J connectivity index is 0.00000450. The number of nitrogens with zero attached hydrogens (tertiary/aromatic N) is 4. The fourth-order valence-corrected chi connectivity index (χ4v) is 3.16. The van der Waals surface area contributed by atoms with Gasteiger partial charge in [0.05, 0.1) is 0 Å². The molecular weight excluding hydrogens is 510 g/mol. The number of benzene rings is 1. The Morgan fingerprint density at radius 3 is 2.40 bits per heavy atom. The Morgan fingerprint density at radius 1 is 1.20 bits per heavy atom. The summed E-state index contributed by atoms with van der Waals surface area (Å²) in [5, 5.41) is 3.31. The van der Waals surface area contributed by atoms with Gasteiger partial charge in [0.2, 0.25) is 0 Å². The minimum absolute atomic E-state index is 0. The zero-order valence-electron chi connectivity index (χ0n) is 18.1. The van der Waals surface area contributed by atoms with E-state index in [9.17, 15) is 13.2 Å². The molecule has 1 N–H and O–H groups in total. The molecule has 1 atom stereocenters. The number of hydrogen-bond donors (Lipinski definition) is 1. The van der Waals surface area contributed by atoms with E-state index in [1.807, 2.05) is 43.3 Å². The third-order valence-electron chi connectivity index (χ3n) is 5.05. The number of hydrogen-bond acceptors (Lipinski definition) is 4. The highest BCUT2D eigenvalue weighted by atomic mass is 127. The van der Waals surface area contributed by atoms with Crippen LogP contribution in [0.25, 0.3) is 0 Å². The molecule has 2 rings (SSSR count). The molecule has 0 saturated carbocycles. The molecule has 1 heterocycles. The van der Waals surface area contributed by atoms with Crippen molar-refractivity contribution in [3.8, 4) is 5.75 Å². The van der Waals surface area contributed by atoms with Crippen molar-refractivity contribution in [3.05, 3.63) is 29.8 Å². The van der Waals surface area contributed by atoms with E-state index in [1.165, 1.54) is 11.8 Å². The molecule has 1 aliphatic heterocycles. The van der Waals surface area contributed by atoms with E-state index in [2.05, 4.69) is 15.2 Å². The highest BCUT2D eigenvalue weighted by Gasteiger charge is 2.41. The van der Waals surface area contributed by atoms with Crippen LogP contribution in [0.5, 0.6) is 5.75 Å². The van der Waals surface area contributed by atoms with E-state index in [0.717, 1.165) is 17.9 Å². The average Bonchev–Trinajstić information content (AvgIpc) is 2.68. The van der Waals surface area contributed by atoms with E-state index >= 15 is 0 Å². The molecule has 172 valence electrons. The molecule has 1 aliphatic rings. The van der Waals surface area contributed by atoms with Crippen LogP contribution in [-0.2, 0) is 6.54 Å². The lowest BCUT2D eigenvalue weighted by Crippen LogP contribution is -2.56. The molecule has 0 amide bonds. The molecule has 6 nitrogen and oxygen atoms in total. The zero-order chi connectivity index (χ0) is 21.4. The molecule has 30 heavy (non-hydrogen) atoms. The van der Waals surface area contributed by atoms with Crippen LogP contribution >= 0.6 is 24.0 Å². The van der Waals surface area contributed by atoms with Gasteiger partial charge in [0.25, 0.3) is 0 Å². The Morgan fingerprint density at radius 2 is 1.83 bits per heavy atom. The fraction of sp³-hybridized carbons (Fsp3) is 0.650. The predicted molar refractivity (Wildman–Crippen MR) is 125 cm³/mol. The van der Waals surface area contributed by atoms with Gasteiger partial charge in [-0.05, 0) is 27.1 Å². The molecule has 0 aliphatic carbocycles. The van der Waals surface area contributed by atoms with Crippen molar-refractivity contribution in [2.75, 3.05) is 60.5 Å². The summed E-state index contributed by atoms with van der Waals surface area (Å²) in [7, 11) is 5.68. The van der Waals surface area contributed by atoms with Crippen LogP contribution in [0.2, 0.25) is 0 Å². The van der Waals surface area contributed by atoms with Gasteiger partial charge in [-0.15, -0.1) is 24.0 Å². The Kier molecular flexibility index (Phi) is 11.2. The lowest BCUT2D eigenvalue weighted by molar-refractivity contribution is -0.181. The van der Waals surface area contributed by atoms with Crippen LogP contribution in [0.4, 0.5) is 13.2 Å². The molecular formula is C20H33F3IN5O. The molecule has 0 radical (unpaired) electrons. The summed E-state index contributed by atoms with van der Waals surface area (Å²) in [6.45, 7) is 4.88. The van der Waals surface area contributed by atoms with Crippen molar-refractivity contribution in [1.82, 2.24) is 20.0 Å². The quantitative estimate of drug-likeness (QED) is 0.326. The number of guanidine groups is 1. The predicted octanol–water partition coefficient (Wildman–Crippen LogP) is 2.89. The second-order valence-electron chi connectivity index (χ2n) is 7.40. The molecule has 1 fully saturated rings. The largest absolute Gasteiger partial charge is 0.492 e. The maximum absolute atomic E-state index is 12.9. The molecule has 10 heteroatoms. The Hall–Kier alpha value is -1.27. The lowest BCUT2D eigenvalue weighted by atomic mass is 10.2. The number of aliphatic imine (C=N–C) groups is 1. The smallest absolute Gasteiger partial charge is 0.403 e. The first-order valence-corrected chi connectivity index (χ1v) is 9.84. The van der Waals surface area contributed by atoms with Gasteiger partial charge in [-0.25, -0.2) is 0 Å². The average molecular weight is 543 g/mol. The van der Waals surface area contributed by atoms with Crippen LogP contribution in [0.3, 0.4) is 0 Å². The van der Waals surface area contributed by atoms with Gasteiger partial charge in [0.1, 0.15) is 18.4 Å². The molecule has 1 saturated heterocycles. The fourth-order valence-electron chi connectivity index (χ4n) is 3.16. The Bertz CT molecular complexity index is 664. The highest BCUT2D eigenvalue weighted by Crippen LogP contribution is 2.25. The van der Waals surface area contributed by atoms with E-state index in [0.29, 0.717) is 45.3 Å². The first-order valence-electron chi connectivity index (χ1n) is 9.84. The third-order valence-corrected chi connectivity index (χ3v) is 5.05. The highest BCUT2D eigenvalue weighted by molar-refractivity contribution is 14.0. The van der Waals surface area contributed by atoms with E-state index < -0.39 is 12.2 Å². The summed E-state index contributed by atoms with van der Waals surface area (Å²) < 4.78 is 44.7. The normalized spacial score (nSPS) is 16.9. The topological polar surface area (TPSA) is 43.3 Å². The number of halogens is 4. The van der Waals surface area contributed by atoms with Crippen molar-refractivity contribution in [2.45, 2.75) is 25.7 Å². The van der Waals surface area contributed by atoms with Gasteiger partial charge in [0, 0.05) is 51.9 Å². The Labute approximate surface area is 194 Å². The monoisotopic (exact) mass is 543 g/mol. The van der Waals surface area contributed by atoms with Gasteiger partial charge in [-0.3, -0.25) is 9.89 Å². The van der Waals surface area contributed by atoms with Crippen LogP contribution in [0.1, 0.15) is 12.5 Å². The van der Waals surface area contributed by atoms with Crippen LogP contribution < -0.4 is 10.1 Å². The van der Waals surface area contributed by atoms with Crippen molar-refractivity contribution < 1.29 is 17.9 Å². The molecule has 1 unspecified atom stereocenters. The number of rotatable bonds is 7. The lowest BCUT2D eigenvalue weighted by Gasteiger charge is -2.39. The maximum Gasteiger partial charge on any atom is 0.403 e. The molecule has 0 spiro atoms. The SMILES string of the molecule is CN=C(NCc1ccccc1OCCN(C)C)N1CCN(C(C)C(F)(F)F)CC1.I. The van der Waals surface area contributed by atoms with Crippen molar-refractivity contribution >= 4 is 29.9 Å². The number of nitrogens with one attached hydrogen (secondary N) is 1. The molecule has 1 aromatic carbocycles. The number of alkyl halides is 3. The van der Waals surface area contributed by atoms with Crippen LogP contribution in [-0.4, -0.2) is 93.4 Å². The molecule has 1 aromatic rings. The number of likely N-dealkylation sites (N-methyl/N-ethyl adjacent to an activating group) is 1. The van der Waals surface area contributed by atoms with Crippen LogP contribution in [0, 0.1) is 0 Å². The summed E-state index contributed by atoms with van der Waals surface area (Å²) in [5.41, 5.74) is 1.01. The van der Waals surface area contributed by atoms with Gasteiger partial charge in [-0.2, -0.15) is 13.2 Å². The summed E-state index contributed by atoms with van der Waals surface area (Å²) in [4.78, 5) is 9.83. The number of ether oxygens (including phenoxy) is 1. The summed E-state index contributed by atoms with van der Waals surface area (Å²) >= 11 is 0. The maximum atomic E-state index is 12.9. The third kappa shape index (κ3) is 8.10. The van der Waals surface area contributed by atoms with Gasteiger partial charge in [-0.1, -0.05) is 18.2 Å². The summed E-state index contributed by atoms with van der Waals surface area (Å²) in [6, 6.07) is 6.40. The van der Waals surface area contributed by atoms with Crippen molar-refractivity contribution in [1.29, 1.82) is 0 Å². The second-order valence-corrected chi connectivity index (χ2v) is 7.40. The minimum atomic E-state index is -4.20. The molecule has 0 bridgehead atoms. The van der Waals surface area contributed by atoms with Crippen molar-refractivity contribution in [3.63, 3.8) is 0 Å². The van der Waals surface area contributed by atoms with E-state index in [1.54, 1.807) is 7.05 Å². The standard InChI is InChI=1S/C20H32F3N5O.HI/c1-16(20(21,22)23)27-9-11-28(12-10-27)19(24-2)25-15-17-7-5-6-8-18(17)29-14-13-26(3)4;/h5-8,16H,9-15H2,1-4H3,(H,24,25);1H. The van der Waals surface area contributed by atoms with Crippen LogP contribution in [0.15, 0.2) is 29.3 Å².